The molecule has 0 aliphatic rings. The molecule has 0 fully saturated rings. The SMILES string of the molecule is CCCNC(=O)CNC(=NC)NC(C)c1ccc(OCC)c(OCC)c1. The molecule has 0 spiro atoms. The topological polar surface area (TPSA) is 84.0 Å². The Morgan fingerprint density at radius 2 is 1.81 bits per heavy atom. The molecule has 0 saturated heterocycles. The lowest BCUT2D eigenvalue weighted by atomic mass is 10.1. The number of nitrogens with one attached hydrogen (secondary N) is 3. The van der Waals surface area contributed by atoms with Crippen LogP contribution in [0.4, 0.5) is 0 Å². The highest BCUT2D eigenvalue weighted by Gasteiger charge is 2.13. The van der Waals surface area contributed by atoms with Crippen molar-refractivity contribution in [2.24, 2.45) is 4.99 Å². The van der Waals surface area contributed by atoms with Crippen LogP contribution in [0.5, 0.6) is 11.5 Å². The molecule has 0 aliphatic carbocycles. The van der Waals surface area contributed by atoms with E-state index in [0.29, 0.717) is 25.7 Å². The van der Waals surface area contributed by atoms with Gasteiger partial charge in [0.1, 0.15) is 0 Å². The minimum absolute atomic E-state index is 0.0187. The van der Waals surface area contributed by atoms with Gasteiger partial charge in [-0.2, -0.15) is 0 Å². The number of guanidine groups is 1. The van der Waals surface area contributed by atoms with Gasteiger partial charge in [-0.05, 0) is 44.9 Å². The van der Waals surface area contributed by atoms with Crippen molar-refractivity contribution in [2.75, 3.05) is 33.4 Å². The Hall–Kier alpha value is -2.44. The standard InChI is InChI=1S/C19H32N4O3/c1-6-11-21-18(24)13-22-19(20-5)23-14(4)15-9-10-16(25-7-2)17(12-15)26-8-3/h9-10,12,14H,6-8,11,13H2,1-5H3,(H,21,24)(H2,20,22,23). The van der Waals surface area contributed by atoms with Gasteiger partial charge in [-0.25, -0.2) is 0 Å². The van der Waals surface area contributed by atoms with Crippen LogP contribution in [-0.4, -0.2) is 45.2 Å². The molecule has 1 amide bonds. The molecule has 7 heteroatoms. The molecule has 3 N–H and O–H groups in total. The van der Waals surface area contributed by atoms with Crippen LogP contribution in [0, 0.1) is 0 Å². The smallest absolute Gasteiger partial charge is 0.239 e. The molecule has 1 aromatic rings. The summed E-state index contributed by atoms with van der Waals surface area (Å²) in [5.41, 5.74) is 1.04. The minimum atomic E-state index is -0.0536. The number of ether oxygens (including phenoxy) is 2. The summed E-state index contributed by atoms with van der Waals surface area (Å²) in [7, 11) is 1.68. The van der Waals surface area contributed by atoms with E-state index in [4.69, 9.17) is 9.47 Å². The van der Waals surface area contributed by atoms with E-state index in [2.05, 4.69) is 20.9 Å². The number of nitrogens with zero attached hydrogens (tertiary/aromatic N) is 1. The van der Waals surface area contributed by atoms with Gasteiger partial charge in [-0.1, -0.05) is 13.0 Å². The second-order valence-corrected chi connectivity index (χ2v) is 5.71. The summed E-state index contributed by atoms with van der Waals surface area (Å²) in [6, 6.07) is 5.85. The first-order valence-corrected chi connectivity index (χ1v) is 9.19. The van der Waals surface area contributed by atoms with Crippen molar-refractivity contribution in [3.63, 3.8) is 0 Å². The molecule has 1 unspecified atom stereocenters. The monoisotopic (exact) mass is 364 g/mol. The molecule has 1 aromatic carbocycles. The van der Waals surface area contributed by atoms with Gasteiger partial charge in [0.15, 0.2) is 17.5 Å². The average Bonchev–Trinajstić information content (AvgIpc) is 2.64. The Morgan fingerprint density at radius 1 is 1.12 bits per heavy atom. The first-order valence-electron chi connectivity index (χ1n) is 9.19. The lowest BCUT2D eigenvalue weighted by Gasteiger charge is -2.20. The number of hydrogen-bond donors (Lipinski definition) is 3. The summed E-state index contributed by atoms with van der Waals surface area (Å²) in [4.78, 5) is 15.9. The van der Waals surface area contributed by atoms with Crippen LogP contribution in [-0.2, 0) is 4.79 Å². The zero-order valence-corrected chi connectivity index (χ0v) is 16.5. The highest BCUT2D eigenvalue weighted by Crippen LogP contribution is 2.30. The van der Waals surface area contributed by atoms with Crippen molar-refractivity contribution in [3.8, 4) is 11.5 Å². The van der Waals surface area contributed by atoms with Crippen molar-refractivity contribution in [2.45, 2.75) is 40.2 Å². The maximum atomic E-state index is 11.7. The number of hydrogen-bond acceptors (Lipinski definition) is 4. The molecule has 146 valence electrons. The average molecular weight is 364 g/mol. The van der Waals surface area contributed by atoms with E-state index in [1.165, 1.54) is 0 Å². The number of amides is 1. The first-order chi connectivity index (χ1) is 12.5. The van der Waals surface area contributed by atoms with E-state index in [-0.39, 0.29) is 18.5 Å². The number of aliphatic imine (C=N–C) groups is 1. The largest absolute Gasteiger partial charge is 0.490 e. The molecular formula is C19H32N4O3. The number of carbonyl (C=O) groups excluding carboxylic acids is 1. The summed E-state index contributed by atoms with van der Waals surface area (Å²) in [6.07, 6.45) is 0.912. The summed E-state index contributed by atoms with van der Waals surface area (Å²) in [5.74, 6) is 1.97. The zero-order chi connectivity index (χ0) is 19.4. The molecule has 1 rings (SSSR count). The Balaban J connectivity index is 2.70. The van der Waals surface area contributed by atoms with Gasteiger partial charge in [0, 0.05) is 13.6 Å². The Morgan fingerprint density at radius 3 is 2.42 bits per heavy atom. The highest BCUT2D eigenvalue weighted by atomic mass is 16.5. The molecule has 0 bridgehead atoms. The predicted molar refractivity (Wildman–Crippen MR) is 105 cm³/mol. The summed E-state index contributed by atoms with van der Waals surface area (Å²) in [6.45, 7) is 9.94. The molecule has 0 heterocycles. The van der Waals surface area contributed by atoms with E-state index in [0.717, 1.165) is 23.5 Å². The van der Waals surface area contributed by atoms with E-state index in [9.17, 15) is 4.79 Å². The fourth-order valence-electron chi connectivity index (χ4n) is 2.31. The van der Waals surface area contributed by atoms with Crippen LogP contribution >= 0.6 is 0 Å². The van der Waals surface area contributed by atoms with Gasteiger partial charge in [-0.3, -0.25) is 9.79 Å². The minimum Gasteiger partial charge on any atom is -0.490 e. The first kappa shape index (κ1) is 21.6. The lowest BCUT2D eigenvalue weighted by molar-refractivity contribution is -0.120. The molecule has 0 saturated carbocycles. The van der Waals surface area contributed by atoms with Crippen LogP contribution in [0.2, 0.25) is 0 Å². The van der Waals surface area contributed by atoms with Crippen LogP contribution in [0.3, 0.4) is 0 Å². The van der Waals surface area contributed by atoms with Crippen molar-refractivity contribution < 1.29 is 14.3 Å². The summed E-state index contributed by atoms with van der Waals surface area (Å²) >= 11 is 0. The normalized spacial score (nSPS) is 12.3. The third-order valence-electron chi connectivity index (χ3n) is 3.63. The van der Waals surface area contributed by atoms with Crippen LogP contribution in [0.25, 0.3) is 0 Å². The van der Waals surface area contributed by atoms with Gasteiger partial charge in [-0.15, -0.1) is 0 Å². The van der Waals surface area contributed by atoms with Crippen LogP contribution in [0.15, 0.2) is 23.2 Å². The fraction of sp³-hybridized carbons (Fsp3) is 0.579. The Labute approximate surface area is 156 Å². The zero-order valence-electron chi connectivity index (χ0n) is 16.5. The second-order valence-electron chi connectivity index (χ2n) is 5.71. The Kier molecular flexibility index (Phi) is 9.97. The molecular weight excluding hydrogens is 332 g/mol. The molecule has 1 atom stereocenters. The van der Waals surface area contributed by atoms with Crippen molar-refractivity contribution in [1.82, 2.24) is 16.0 Å². The van der Waals surface area contributed by atoms with E-state index >= 15 is 0 Å². The molecule has 0 aromatic heterocycles. The Bertz CT molecular complexity index is 590. The van der Waals surface area contributed by atoms with Gasteiger partial charge >= 0.3 is 0 Å². The van der Waals surface area contributed by atoms with E-state index in [1.54, 1.807) is 7.05 Å². The maximum absolute atomic E-state index is 11.7. The summed E-state index contributed by atoms with van der Waals surface area (Å²) in [5, 5.41) is 9.12. The third kappa shape index (κ3) is 7.21. The van der Waals surface area contributed by atoms with E-state index in [1.807, 2.05) is 45.9 Å². The van der Waals surface area contributed by atoms with Gasteiger partial charge < -0.3 is 25.4 Å². The number of benzene rings is 1. The van der Waals surface area contributed by atoms with Gasteiger partial charge in [0.25, 0.3) is 0 Å². The molecule has 0 radical (unpaired) electrons. The number of carbonyl (C=O) groups is 1. The van der Waals surface area contributed by atoms with Crippen molar-refractivity contribution in [1.29, 1.82) is 0 Å². The molecule has 7 nitrogen and oxygen atoms in total. The van der Waals surface area contributed by atoms with Gasteiger partial charge in [0.2, 0.25) is 5.91 Å². The van der Waals surface area contributed by atoms with Crippen molar-refractivity contribution in [3.05, 3.63) is 23.8 Å². The molecule has 0 aliphatic heterocycles. The van der Waals surface area contributed by atoms with Gasteiger partial charge in [0.05, 0.1) is 25.8 Å². The highest BCUT2D eigenvalue weighted by molar-refractivity contribution is 5.86. The predicted octanol–water partition coefficient (Wildman–Crippen LogP) is 2.24. The summed E-state index contributed by atoms with van der Waals surface area (Å²) < 4.78 is 11.3. The molecule has 26 heavy (non-hydrogen) atoms. The number of rotatable bonds is 10. The fourth-order valence-corrected chi connectivity index (χ4v) is 2.31. The van der Waals surface area contributed by atoms with E-state index < -0.39 is 0 Å². The maximum Gasteiger partial charge on any atom is 0.239 e. The van der Waals surface area contributed by atoms with Crippen LogP contribution in [0.1, 0.15) is 45.7 Å². The lowest BCUT2D eigenvalue weighted by Crippen LogP contribution is -2.44. The second kappa shape index (κ2) is 12.0. The third-order valence-corrected chi connectivity index (χ3v) is 3.63. The quantitative estimate of drug-likeness (QED) is 0.438. The van der Waals surface area contributed by atoms with Crippen LogP contribution < -0.4 is 25.4 Å². The van der Waals surface area contributed by atoms with Crippen molar-refractivity contribution >= 4 is 11.9 Å².